The maximum absolute atomic E-state index is 14.4. The topological polar surface area (TPSA) is 63.7 Å². The van der Waals surface area contributed by atoms with Crippen LogP contribution in [0.1, 0.15) is 40.5 Å². The van der Waals surface area contributed by atoms with Crippen LogP contribution in [0, 0.1) is 11.7 Å². The molecule has 0 unspecified atom stereocenters. The largest absolute Gasteiger partial charge is 0.493 e. The molecule has 0 aliphatic rings. The highest BCUT2D eigenvalue weighted by atomic mass is 32.1. The summed E-state index contributed by atoms with van der Waals surface area (Å²) < 4.78 is 25.1. The van der Waals surface area contributed by atoms with Crippen LogP contribution in [0.2, 0.25) is 0 Å². The third-order valence-electron chi connectivity index (χ3n) is 5.33. The van der Waals surface area contributed by atoms with Gasteiger partial charge in [0, 0.05) is 30.6 Å². The number of thiazole rings is 1. The van der Waals surface area contributed by atoms with Gasteiger partial charge in [-0.1, -0.05) is 38.1 Å². The lowest BCUT2D eigenvalue weighted by molar-refractivity contribution is 0.0944. The zero-order chi connectivity index (χ0) is 24.5. The van der Waals surface area contributed by atoms with Gasteiger partial charge in [0.05, 0.1) is 20.8 Å². The number of methoxy groups -OCH3 is 2. The van der Waals surface area contributed by atoms with Crippen LogP contribution < -0.4 is 14.8 Å². The zero-order valence-electron chi connectivity index (χ0n) is 20.1. The molecule has 0 radical (unpaired) electrons. The molecule has 0 bridgehead atoms. The molecule has 0 fully saturated rings. The second-order valence-corrected chi connectivity index (χ2v) is 9.41. The van der Waals surface area contributed by atoms with E-state index in [9.17, 15) is 9.18 Å². The van der Waals surface area contributed by atoms with E-state index in [1.54, 1.807) is 31.7 Å². The van der Waals surface area contributed by atoms with Gasteiger partial charge in [-0.05, 0) is 36.1 Å². The number of amides is 1. The van der Waals surface area contributed by atoms with E-state index >= 15 is 0 Å². The first-order chi connectivity index (χ1) is 16.4. The number of hydrogen-bond acceptors (Lipinski definition) is 6. The third kappa shape index (κ3) is 7.27. The monoisotopic (exact) mass is 485 g/mol. The van der Waals surface area contributed by atoms with Crippen molar-refractivity contribution in [2.24, 2.45) is 5.92 Å². The number of nitrogens with zero attached hydrogens (tertiary/aromatic N) is 2. The van der Waals surface area contributed by atoms with Gasteiger partial charge in [0.25, 0.3) is 5.91 Å². The Morgan fingerprint density at radius 1 is 1.12 bits per heavy atom. The van der Waals surface area contributed by atoms with Gasteiger partial charge in [0.1, 0.15) is 16.5 Å². The Labute approximate surface area is 204 Å². The summed E-state index contributed by atoms with van der Waals surface area (Å²) >= 11 is 1.44. The van der Waals surface area contributed by atoms with Crippen molar-refractivity contribution in [3.8, 4) is 11.5 Å². The van der Waals surface area contributed by atoms with Crippen LogP contribution in [0.15, 0.2) is 47.8 Å². The van der Waals surface area contributed by atoms with Crippen molar-refractivity contribution in [3.63, 3.8) is 0 Å². The molecule has 1 N–H and O–H groups in total. The average Bonchev–Trinajstić information content (AvgIpc) is 3.30. The summed E-state index contributed by atoms with van der Waals surface area (Å²) in [6.07, 6.45) is 0.738. The summed E-state index contributed by atoms with van der Waals surface area (Å²) in [6.45, 7) is 6.34. The Balaban J connectivity index is 1.73. The second kappa shape index (κ2) is 12.5. The van der Waals surface area contributed by atoms with Gasteiger partial charge >= 0.3 is 0 Å². The Hall–Kier alpha value is -2.97. The molecular formula is C26H32FN3O3S. The van der Waals surface area contributed by atoms with Gasteiger partial charge in [-0.25, -0.2) is 9.37 Å². The van der Waals surface area contributed by atoms with Crippen LogP contribution in [-0.2, 0) is 19.5 Å². The van der Waals surface area contributed by atoms with E-state index in [0.717, 1.165) is 17.0 Å². The van der Waals surface area contributed by atoms with E-state index in [2.05, 4.69) is 15.2 Å². The Kier molecular flexibility index (Phi) is 9.42. The molecule has 0 aliphatic carbocycles. The molecule has 1 heterocycles. The van der Waals surface area contributed by atoms with Gasteiger partial charge in [0.15, 0.2) is 11.5 Å². The number of hydrogen-bond donors (Lipinski definition) is 1. The van der Waals surface area contributed by atoms with E-state index < -0.39 is 0 Å². The van der Waals surface area contributed by atoms with Crippen LogP contribution >= 0.6 is 11.3 Å². The van der Waals surface area contributed by atoms with Crippen molar-refractivity contribution in [2.45, 2.75) is 33.4 Å². The van der Waals surface area contributed by atoms with Crippen LogP contribution in [-0.4, -0.2) is 43.1 Å². The average molecular weight is 486 g/mol. The molecule has 8 heteroatoms. The predicted molar refractivity (Wildman–Crippen MR) is 133 cm³/mol. The van der Waals surface area contributed by atoms with Crippen LogP contribution in [0.4, 0.5) is 4.39 Å². The number of rotatable bonds is 12. The lowest BCUT2D eigenvalue weighted by Gasteiger charge is -2.22. The fourth-order valence-electron chi connectivity index (χ4n) is 3.47. The van der Waals surface area contributed by atoms with E-state index in [-0.39, 0.29) is 11.7 Å². The van der Waals surface area contributed by atoms with E-state index in [1.807, 2.05) is 38.1 Å². The number of benzene rings is 2. The Morgan fingerprint density at radius 2 is 1.88 bits per heavy atom. The second-order valence-electron chi connectivity index (χ2n) is 8.47. The summed E-state index contributed by atoms with van der Waals surface area (Å²) in [5.41, 5.74) is 2.14. The third-order valence-corrected chi connectivity index (χ3v) is 6.16. The first-order valence-electron chi connectivity index (χ1n) is 11.3. The highest BCUT2D eigenvalue weighted by molar-refractivity contribution is 7.09. The molecule has 3 rings (SSSR count). The van der Waals surface area contributed by atoms with Crippen molar-refractivity contribution in [1.82, 2.24) is 15.2 Å². The van der Waals surface area contributed by atoms with Crippen molar-refractivity contribution in [2.75, 3.05) is 27.3 Å². The molecule has 0 saturated carbocycles. The van der Waals surface area contributed by atoms with Gasteiger partial charge in [-0.2, -0.15) is 0 Å². The number of nitrogens with one attached hydrogen (secondary N) is 1. The summed E-state index contributed by atoms with van der Waals surface area (Å²) in [5.74, 6) is 1.33. The number of carbonyl (C=O) groups is 1. The van der Waals surface area contributed by atoms with Gasteiger partial charge in [0.2, 0.25) is 0 Å². The van der Waals surface area contributed by atoms with Crippen molar-refractivity contribution in [1.29, 1.82) is 0 Å². The first kappa shape index (κ1) is 25.6. The van der Waals surface area contributed by atoms with Gasteiger partial charge < -0.3 is 14.8 Å². The Morgan fingerprint density at radius 3 is 2.59 bits per heavy atom. The normalized spacial score (nSPS) is 11.1. The van der Waals surface area contributed by atoms with Crippen molar-refractivity contribution >= 4 is 17.2 Å². The van der Waals surface area contributed by atoms with Gasteiger partial charge in [-0.15, -0.1) is 11.3 Å². The molecular weight excluding hydrogens is 453 g/mol. The smallest absolute Gasteiger partial charge is 0.270 e. The molecule has 0 aliphatic heterocycles. The highest BCUT2D eigenvalue weighted by Crippen LogP contribution is 2.28. The number of carbonyl (C=O) groups excluding carboxylic acids is 1. The molecule has 0 atom stereocenters. The standard InChI is InChI=1S/C26H32FN3O3S/c1-18(2)14-28-26(31)22-17-34-25(29-22)16-30(15-20-7-5-6-8-21(20)27)12-11-19-9-10-23(32-3)24(13-19)33-4/h5-10,13,17-18H,11-12,14-16H2,1-4H3,(H,28,31). The van der Waals surface area contributed by atoms with Crippen molar-refractivity contribution in [3.05, 3.63) is 75.5 Å². The molecule has 182 valence electrons. The quantitative estimate of drug-likeness (QED) is 0.394. The minimum absolute atomic E-state index is 0.165. The van der Waals surface area contributed by atoms with E-state index in [0.29, 0.717) is 54.9 Å². The number of ether oxygens (including phenoxy) is 2. The van der Waals surface area contributed by atoms with E-state index in [4.69, 9.17) is 9.47 Å². The maximum Gasteiger partial charge on any atom is 0.270 e. The molecule has 1 aromatic heterocycles. The molecule has 34 heavy (non-hydrogen) atoms. The van der Waals surface area contributed by atoms with Crippen molar-refractivity contribution < 1.29 is 18.7 Å². The predicted octanol–water partition coefficient (Wildman–Crippen LogP) is 4.93. The molecule has 1 amide bonds. The number of aromatic nitrogens is 1. The Bertz CT molecular complexity index is 1090. The molecule has 0 saturated heterocycles. The maximum atomic E-state index is 14.4. The first-order valence-corrected chi connectivity index (χ1v) is 12.2. The van der Waals surface area contributed by atoms with E-state index in [1.165, 1.54) is 17.4 Å². The molecule has 3 aromatic rings. The molecule has 2 aromatic carbocycles. The molecule has 6 nitrogen and oxygen atoms in total. The zero-order valence-corrected chi connectivity index (χ0v) is 21.0. The summed E-state index contributed by atoms with van der Waals surface area (Å²) in [6, 6.07) is 12.6. The summed E-state index contributed by atoms with van der Waals surface area (Å²) in [4.78, 5) is 19.0. The highest BCUT2D eigenvalue weighted by Gasteiger charge is 2.16. The van der Waals surface area contributed by atoms with Crippen LogP contribution in [0.25, 0.3) is 0 Å². The fourth-order valence-corrected chi connectivity index (χ4v) is 4.29. The summed E-state index contributed by atoms with van der Waals surface area (Å²) in [7, 11) is 3.22. The molecule has 0 spiro atoms. The van der Waals surface area contributed by atoms with Crippen LogP contribution in [0.5, 0.6) is 11.5 Å². The minimum atomic E-state index is -0.230. The fraction of sp³-hybridized carbons (Fsp3) is 0.385. The van der Waals surface area contributed by atoms with Crippen LogP contribution in [0.3, 0.4) is 0 Å². The minimum Gasteiger partial charge on any atom is -0.493 e. The lowest BCUT2D eigenvalue weighted by Crippen LogP contribution is -2.28. The lowest BCUT2D eigenvalue weighted by atomic mass is 10.1. The van der Waals surface area contributed by atoms with Gasteiger partial charge in [-0.3, -0.25) is 9.69 Å². The summed E-state index contributed by atoms with van der Waals surface area (Å²) in [5, 5.41) is 5.50. The number of halogens is 1. The SMILES string of the molecule is COc1ccc(CCN(Cc2nc(C(=O)NCC(C)C)cs2)Cc2ccccc2F)cc1OC.